The summed E-state index contributed by atoms with van der Waals surface area (Å²) in [6.07, 6.45) is 1.99. The number of benzene rings is 1. The summed E-state index contributed by atoms with van der Waals surface area (Å²) >= 11 is 0. The average Bonchev–Trinajstić information content (AvgIpc) is 3.25. The molecule has 1 unspecified atom stereocenters. The van der Waals surface area contributed by atoms with Gasteiger partial charge in [-0.2, -0.15) is 5.26 Å². The summed E-state index contributed by atoms with van der Waals surface area (Å²) in [6, 6.07) is 10.0. The summed E-state index contributed by atoms with van der Waals surface area (Å²) in [5.41, 5.74) is 1.01. The van der Waals surface area contributed by atoms with E-state index in [1.54, 1.807) is 18.2 Å². The van der Waals surface area contributed by atoms with Crippen LogP contribution in [0.25, 0.3) is 0 Å². The van der Waals surface area contributed by atoms with E-state index in [0.29, 0.717) is 0 Å². The molecule has 0 saturated carbocycles. The molecule has 136 valence electrons. The van der Waals surface area contributed by atoms with Gasteiger partial charge < -0.3 is 9.42 Å². The van der Waals surface area contributed by atoms with Crippen molar-refractivity contribution >= 4 is 11.6 Å². The molecule has 26 heavy (non-hydrogen) atoms. The Morgan fingerprint density at radius 2 is 2.31 bits per heavy atom. The van der Waals surface area contributed by atoms with Crippen molar-refractivity contribution in [1.29, 1.82) is 5.26 Å². The van der Waals surface area contributed by atoms with Crippen LogP contribution in [0.1, 0.15) is 36.8 Å². The molecule has 2 heterocycles. The Balaban J connectivity index is 1.77. The van der Waals surface area contributed by atoms with Crippen molar-refractivity contribution in [2.45, 2.75) is 32.2 Å². The number of aryl methyl sites for hydroxylation is 1. The highest BCUT2D eigenvalue weighted by atomic mass is 19.1. The number of hydrogen-bond donors (Lipinski definition) is 0. The lowest BCUT2D eigenvalue weighted by atomic mass is 10.1. The first-order valence-electron chi connectivity index (χ1n) is 8.69. The fourth-order valence-corrected chi connectivity index (χ4v) is 3.35. The standard InChI is InChI=1S/C19H21FN4O2/c1-14-12-18(26-22-14)17-8-4-10-23(17)13-19(25)24(11-5-9-21)16-7-3-2-6-15(16)20/h2-3,6-7,12,17H,4-5,8,10-11,13H2,1H3. The summed E-state index contributed by atoms with van der Waals surface area (Å²) in [7, 11) is 0. The number of aromatic nitrogens is 1. The van der Waals surface area contributed by atoms with E-state index >= 15 is 0 Å². The van der Waals surface area contributed by atoms with E-state index < -0.39 is 5.82 Å². The average molecular weight is 356 g/mol. The normalized spacial score (nSPS) is 17.2. The summed E-state index contributed by atoms with van der Waals surface area (Å²) in [4.78, 5) is 16.3. The van der Waals surface area contributed by atoms with Crippen LogP contribution in [0.15, 0.2) is 34.9 Å². The number of nitrogens with zero attached hydrogens (tertiary/aromatic N) is 4. The molecule has 0 spiro atoms. The van der Waals surface area contributed by atoms with Crippen LogP contribution in [0.4, 0.5) is 10.1 Å². The van der Waals surface area contributed by atoms with Gasteiger partial charge in [0, 0.05) is 12.6 Å². The third kappa shape index (κ3) is 3.92. The quantitative estimate of drug-likeness (QED) is 0.795. The number of likely N-dealkylation sites (tertiary alicyclic amines) is 1. The molecule has 7 heteroatoms. The van der Waals surface area contributed by atoms with Crippen molar-refractivity contribution in [2.75, 3.05) is 24.5 Å². The van der Waals surface area contributed by atoms with Crippen molar-refractivity contribution < 1.29 is 13.7 Å². The van der Waals surface area contributed by atoms with Gasteiger partial charge in [-0.25, -0.2) is 4.39 Å². The summed E-state index contributed by atoms with van der Waals surface area (Å²) < 4.78 is 19.5. The third-order valence-corrected chi connectivity index (χ3v) is 4.57. The first kappa shape index (κ1) is 18.1. The van der Waals surface area contributed by atoms with Crippen LogP contribution in [-0.4, -0.2) is 35.6 Å². The molecule has 1 aromatic carbocycles. The Morgan fingerprint density at radius 1 is 1.50 bits per heavy atom. The van der Waals surface area contributed by atoms with Crippen LogP contribution in [-0.2, 0) is 4.79 Å². The number of carbonyl (C=O) groups excluding carboxylic acids is 1. The van der Waals surface area contributed by atoms with Gasteiger partial charge in [-0.3, -0.25) is 9.69 Å². The second-order valence-corrected chi connectivity index (χ2v) is 6.40. The molecular weight excluding hydrogens is 335 g/mol. The molecule has 1 aliphatic heterocycles. The lowest BCUT2D eigenvalue weighted by molar-refractivity contribution is -0.120. The minimum Gasteiger partial charge on any atom is -0.359 e. The summed E-state index contributed by atoms with van der Waals surface area (Å²) in [6.45, 7) is 2.93. The summed E-state index contributed by atoms with van der Waals surface area (Å²) in [5, 5.41) is 12.8. The lowest BCUT2D eigenvalue weighted by Gasteiger charge is -2.27. The van der Waals surface area contributed by atoms with Crippen LogP contribution in [0.5, 0.6) is 0 Å². The van der Waals surface area contributed by atoms with Crippen LogP contribution < -0.4 is 4.90 Å². The number of rotatable bonds is 6. The van der Waals surface area contributed by atoms with E-state index in [9.17, 15) is 9.18 Å². The number of hydrogen-bond acceptors (Lipinski definition) is 5. The number of anilines is 1. The Labute approximate surface area is 151 Å². The van der Waals surface area contributed by atoms with E-state index in [-0.39, 0.29) is 37.1 Å². The van der Waals surface area contributed by atoms with Crippen LogP contribution >= 0.6 is 0 Å². The van der Waals surface area contributed by atoms with E-state index in [4.69, 9.17) is 9.78 Å². The van der Waals surface area contributed by atoms with Crippen LogP contribution in [0.3, 0.4) is 0 Å². The monoisotopic (exact) mass is 356 g/mol. The molecule has 0 N–H and O–H groups in total. The van der Waals surface area contributed by atoms with E-state index in [1.165, 1.54) is 11.0 Å². The highest BCUT2D eigenvalue weighted by Gasteiger charge is 2.32. The number of halogens is 1. The lowest BCUT2D eigenvalue weighted by Crippen LogP contribution is -2.41. The van der Waals surface area contributed by atoms with Gasteiger partial charge in [-0.05, 0) is 38.4 Å². The van der Waals surface area contributed by atoms with Crippen molar-refractivity contribution in [3.05, 3.63) is 47.6 Å². The van der Waals surface area contributed by atoms with Gasteiger partial charge in [-0.15, -0.1) is 0 Å². The highest BCUT2D eigenvalue weighted by Crippen LogP contribution is 2.32. The maximum atomic E-state index is 14.2. The van der Waals surface area contributed by atoms with E-state index in [1.807, 2.05) is 24.0 Å². The molecule has 0 bridgehead atoms. The van der Waals surface area contributed by atoms with Gasteiger partial charge in [0.05, 0.1) is 36.5 Å². The van der Waals surface area contributed by atoms with Gasteiger partial charge in [0.15, 0.2) is 5.76 Å². The first-order chi connectivity index (χ1) is 12.6. The van der Waals surface area contributed by atoms with Crippen molar-refractivity contribution in [3.63, 3.8) is 0 Å². The topological polar surface area (TPSA) is 73.4 Å². The van der Waals surface area contributed by atoms with Crippen LogP contribution in [0.2, 0.25) is 0 Å². The maximum Gasteiger partial charge on any atom is 0.241 e. The number of amides is 1. The Morgan fingerprint density at radius 3 is 3.00 bits per heavy atom. The van der Waals surface area contributed by atoms with E-state index in [0.717, 1.165) is 30.8 Å². The van der Waals surface area contributed by atoms with Gasteiger partial charge in [0.2, 0.25) is 5.91 Å². The van der Waals surface area contributed by atoms with Crippen molar-refractivity contribution in [2.24, 2.45) is 0 Å². The maximum absolute atomic E-state index is 14.2. The second kappa shape index (κ2) is 8.11. The zero-order chi connectivity index (χ0) is 18.5. The number of nitriles is 1. The first-order valence-corrected chi connectivity index (χ1v) is 8.69. The van der Waals surface area contributed by atoms with Gasteiger partial charge in [0.1, 0.15) is 5.82 Å². The fraction of sp³-hybridized carbons (Fsp3) is 0.421. The Kier molecular flexibility index (Phi) is 5.64. The molecule has 0 radical (unpaired) electrons. The largest absolute Gasteiger partial charge is 0.359 e. The van der Waals surface area contributed by atoms with Gasteiger partial charge in [0.25, 0.3) is 0 Å². The molecule has 3 rings (SSSR count). The number of carbonyl (C=O) groups is 1. The zero-order valence-corrected chi connectivity index (χ0v) is 14.7. The minimum atomic E-state index is -0.470. The molecule has 0 aliphatic carbocycles. The smallest absolute Gasteiger partial charge is 0.241 e. The zero-order valence-electron chi connectivity index (χ0n) is 14.7. The molecule has 1 aliphatic rings. The molecule has 1 aromatic heterocycles. The predicted molar refractivity (Wildman–Crippen MR) is 93.8 cm³/mol. The molecule has 1 saturated heterocycles. The summed E-state index contributed by atoms with van der Waals surface area (Å²) in [5.74, 6) is 0.0541. The molecule has 1 amide bonds. The highest BCUT2D eigenvalue weighted by molar-refractivity contribution is 5.95. The molecule has 6 nitrogen and oxygen atoms in total. The third-order valence-electron chi connectivity index (χ3n) is 4.57. The minimum absolute atomic E-state index is 0.00131. The fourth-order valence-electron chi connectivity index (χ4n) is 3.35. The van der Waals surface area contributed by atoms with Crippen molar-refractivity contribution in [1.82, 2.24) is 10.1 Å². The van der Waals surface area contributed by atoms with E-state index in [2.05, 4.69) is 5.16 Å². The predicted octanol–water partition coefficient (Wildman–Crippen LogP) is 3.21. The molecule has 2 aromatic rings. The van der Waals surface area contributed by atoms with Gasteiger partial charge in [-0.1, -0.05) is 17.3 Å². The van der Waals surface area contributed by atoms with Gasteiger partial charge >= 0.3 is 0 Å². The van der Waals surface area contributed by atoms with Crippen molar-refractivity contribution in [3.8, 4) is 6.07 Å². The molecule has 1 atom stereocenters. The molecule has 1 fully saturated rings. The SMILES string of the molecule is Cc1cc(C2CCCN2CC(=O)N(CCC#N)c2ccccc2F)on1. The number of para-hydroxylation sites is 1. The molecular formula is C19H21FN4O2. The Bertz CT molecular complexity index is 814. The van der Waals surface area contributed by atoms with Crippen LogP contribution in [0, 0.1) is 24.1 Å². The Hall–Kier alpha value is -2.72. The second-order valence-electron chi connectivity index (χ2n) is 6.40.